The molecule has 0 saturated carbocycles. The lowest BCUT2D eigenvalue weighted by atomic mass is 10.2. The van der Waals surface area contributed by atoms with Crippen LogP contribution in [0.1, 0.15) is 0 Å². The Morgan fingerprint density at radius 1 is 1.05 bits per heavy atom. The van der Waals surface area contributed by atoms with Crippen LogP contribution in [0.2, 0.25) is 0 Å². The highest BCUT2D eigenvalue weighted by molar-refractivity contribution is 7.17. The van der Waals surface area contributed by atoms with Crippen molar-refractivity contribution in [3.63, 3.8) is 0 Å². The molecule has 0 aliphatic rings. The predicted octanol–water partition coefficient (Wildman–Crippen LogP) is 3.13. The van der Waals surface area contributed by atoms with Crippen LogP contribution in [0.25, 0.3) is 27.2 Å². The number of nitrogen functional groups attached to an aromatic ring is 1. The molecule has 4 aromatic rings. The monoisotopic (exact) mass is 293 g/mol. The maximum Gasteiger partial charge on any atom is 0.187 e. The fraction of sp³-hybridized carbons (Fsp3) is 0. The summed E-state index contributed by atoms with van der Waals surface area (Å²) < 4.78 is 2.98. The first-order valence-corrected chi connectivity index (χ1v) is 7.31. The molecule has 0 fully saturated rings. The van der Waals surface area contributed by atoms with Gasteiger partial charge in [0.1, 0.15) is 0 Å². The Bertz CT molecular complexity index is 924. The van der Waals surface area contributed by atoms with Crippen molar-refractivity contribution in [1.82, 2.24) is 20.2 Å². The summed E-state index contributed by atoms with van der Waals surface area (Å²) >= 11 is 1.72. The van der Waals surface area contributed by atoms with E-state index in [-0.39, 0.29) is 0 Å². The van der Waals surface area contributed by atoms with Crippen molar-refractivity contribution >= 4 is 27.1 Å². The van der Waals surface area contributed by atoms with Gasteiger partial charge in [-0.2, -0.15) is 4.68 Å². The summed E-state index contributed by atoms with van der Waals surface area (Å²) in [5.41, 5.74) is 8.36. The Kier molecular flexibility index (Phi) is 2.68. The third-order valence-electron chi connectivity index (χ3n) is 3.29. The fourth-order valence-electron chi connectivity index (χ4n) is 2.30. The summed E-state index contributed by atoms with van der Waals surface area (Å²) in [6, 6.07) is 15.8. The number of anilines is 1. The minimum atomic E-state index is 0.678. The van der Waals surface area contributed by atoms with E-state index >= 15 is 0 Å². The molecular formula is C15H11N5S. The number of aromatic nitrogens is 4. The zero-order valence-corrected chi connectivity index (χ0v) is 11.8. The van der Waals surface area contributed by atoms with Gasteiger partial charge in [0.05, 0.1) is 5.69 Å². The molecule has 2 aromatic carbocycles. The van der Waals surface area contributed by atoms with E-state index in [1.807, 2.05) is 30.3 Å². The molecule has 2 N–H and O–H groups in total. The number of hydrogen-bond acceptors (Lipinski definition) is 5. The number of benzene rings is 2. The summed E-state index contributed by atoms with van der Waals surface area (Å²) in [7, 11) is 0. The van der Waals surface area contributed by atoms with Crippen LogP contribution < -0.4 is 5.73 Å². The molecule has 0 aliphatic heterocycles. The summed E-state index contributed by atoms with van der Waals surface area (Å²) in [6.45, 7) is 0. The molecule has 5 nitrogen and oxygen atoms in total. The third-order valence-corrected chi connectivity index (χ3v) is 4.19. The standard InChI is InChI=1S/C15H11N5S/c16-12-3-1-2-11(8-12)15-17-18-19-20(15)13-4-5-14-10(9-13)6-7-21-14/h1-9H,16H2. The van der Waals surface area contributed by atoms with Crippen molar-refractivity contribution in [3.8, 4) is 17.1 Å². The molecule has 0 bridgehead atoms. The molecule has 102 valence electrons. The Morgan fingerprint density at radius 2 is 2.00 bits per heavy atom. The van der Waals surface area contributed by atoms with Gasteiger partial charge in [-0.1, -0.05) is 12.1 Å². The second-order valence-electron chi connectivity index (χ2n) is 4.68. The van der Waals surface area contributed by atoms with E-state index in [9.17, 15) is 0 Å². The summed E-state index contributed by atoms with van der Waals surface area (Å²) in [5.74, 6) is 0.678. The molecule has 0 radical (unpaired) electrons. The molecule has 0 spiro atoms. The minimum Gasteiger partial charge on any atom is -0.399 e. The number of rotatable bonds is 2. The van der Waals surface area contributed by atoms with Gasteiger partial charge in [0, 0.05) is 16.0 Å². The first-order chi connectivity index (χ1) is 10.3. The second-order valence-corrected chi connectivity index (χ2v) is 5.63. The largest absolute Gasteiger partial charge is 0.399 e. The molecule has 4 rings (SSSR count). The summed E-state index contributed by atoms with van der Waals surface area (Å²) in [4.78, 5) is 0. The first-order valence-electron chi connectivity index (χ1n) is 6.43. The highest BCUT2D eigenvalue weighted by atomic mass is 32.1. The molecule has 0 unspecified atom stereocenters. The molecule has 0 amide bonds. The van der Waals surface area contributed by atoms with Crippen molar-refractivity contribution in [2.75, 3.05) is 5.73 Å². The Hall–Kier alpha value is -2.73. The number of thiophene rings is 1. The maximum atomic E-state index is 5.84. The van der Waals surface area contributed by atoms with Gasteiger partial charge < -0.3 is 5.73 Å². The van der Waals surface area contributed by atoms with Crippen LogP contribution in [0.15, 0.2) is 53.9 Å². The molecular weight excluding hydrogens is 282 g/mol. The van der Waals surface area contributed by atoms with E-state index in [1.54, 1.807) is 16.0 Å². The van der Waals surface area contributed by atoms with Gasteiger partial charge in [-0.25, -0.2) is 0 Å². The highest BCUT2D eigenvalue weighted by Gasteiger charge is 2.11. The quantitative estimate of drug-likeness (QED) is 0.576. The van der Waals surface area contributed by atoms with Crippen LogP contribution in [0.5, 0.6) is 0 Å². The molecule has 21 heavy (non-hydrogen) atoms. The van der Waals surface area contributed by atoms with E-state index < -0.39 is 0 Å². The Balaban J connectivity index is 1.88. The van der Waals surface area contributed by atoms with Crippen molar-refractivity contribution in [2.45, 2.75) is 0 Å². The smallest absolute Gasteiger partial charge is 0.187 e. The highest BCUT2D eigenvalue weighted by Crippen LogP contribution is 2.26. The van der Waals surface area contributed by atoms with E-state index in [0.717, 1.165) is 11.3 Å². The van der Waals surface area contributed by atoms with Gasteiger partial charge in [-0.15, -0.1) is 16.4 Å². The topological polar surface area (TPSA) is 69.6 Å². The van der Waals surface area contributed by atoms with Crippen molar-refractivity contribution in [1.29, 1.82) is 0 Å². The zero-order valence-electron chi connectivity index (χ0n) is 11.0. The van der Waals surface area contributed by atoms with Crippen LogP contribution >= 0.6 is 11.3 Å². The molecule has 6 heteroatoms. The van der Waals surface area contributed by atoms with Gasteiger partial charge in [-0.05, 0) is 57.6 Å². The average Bonchev–Trinajstić information content (AvgIpc) is 3.15. The summed E-state index contributed by atoms with van der Waals surface area (Å²) in [6.07, 6.45) is 0. The zero-order chi connectivity index (χ0) is 14.2. The molecule has 2 aromatic heterocycles. The minimum absolute atomic E-state index is 0.678. The number of tetrazole rings is 1. The third kappa shape index (κ3) is 2.05. The Labute approximate surface area is 124 Å². The van der Waals surface area contributed by atoms with E-state index in [4.69, 9.17) is 5.73 Å². The van der Waals surface area contributed by atoms with E-state index in [0.29, 0.717) is 11.5 Å². The number of nitrogens with zero attached hydrogens (tertiary/aromatic N) is 4. The fourth-order valence-corrected chi connectivity index (χ4v) is 3.08. The van der Waals surface area contributed by atoms with Gasteiger partial charge in [0.2, 0.25) is 0 Å². The van der Waals surface area contributed by atoms with Crippen molar-refractivity contribution in [2.24, 2.45) is 0 Å². The number of nitrogens with two attached hydrogens (primary N) is 1. The SMILES string of the molecule is Nc1cccc(-c2nnnn2-c2ccc3sccc3c2)c1. The van der Waals surface area contributed by atoms with Crippen LogP contribution in [-0.2, 0) is 0 Å². The number of hydrogen-bond donors (Lipinski definition) is 1. The lowest BCUT2D eigenvalue weighted by Crippen LogP contribution is -2.00. The molecule has 2 heterocycles. The molecule has 0 atom stereocenters. The van der Waals surface area contributed by atoms with Gasteiger partial charge in [0.25, 0.3) is 0 Å². The second kappa shape index (κ2) is 4.68. The van der Waals surface area contributed by atoms with E-state index in [1.165, 1.54) is 10.1 Å². The summed E-state index contributed by atoms with van der Waals surface area (Å²) in [5, 5.41) is 15.3. The van der Waals surface area contributed by atoms with Crippen molar-refractivity contribution in [3.05, 3.63) is 53.9 Å². The van der Waals surface area contributed by atoms with Crippen molar-refractivity contribution < 1.29 is 0 Å². The predicted molar refractivity (Wildman–Crippen MR) is 84.4 cm³/mol. The lowest BCUT2D eigenvalue weighted by molar-refractivity contribution is 0.792. The molecule has 0 aliphatic carbocycles. The van der Waals surface area contributed by atoms with Crippen LogP contribution in [0.4, 0.5) is 5.69 Å². The van der Waals surface area contributed by atoms with Gasteiger partial charge in [0.15, 0.2) is 5.82 Å². The average molecular weight is 293 g/mol. The van der Waals surface area contributed by atoms with Gasteiger partial charge in [-0.3, -0.25) is 0 Å². The van der Waals surface area contributed by atoms with Gasteiger partial charge >= 0.3 is 0 Å². The normalized spacial score (nSPS) is 11.0. The lowest BCUT2D eigenvalue weighted by Gasteiger charge is -2.05. The Morgan fingerprint density at radius 3 is 2.90 bits per heavy atom. The van der Waals surface area contributed by atoms with Crippen LogP contribution in [-0.4, -0.2) is 20.2 Å². The number of fused-ring (bicyclic) bond motifs is 1. The maximum absolute atomic E-state index is 5.84. The van der Waals surface area contributed by atoms with Crippen LogP contribution in [0.3, 0.4) is 0 Å². The first kappa shape index (κ1) is 12.0. The molecule has 0 saturated heterocycles. The van der Waals surface area contributed by atoms with Crippen LogP contribution in [0, 0.1) is 0 Å². The van der Waals surface area contributed by atoms with E-state index in [2.05, 4.69) is 39.1 Å².